The number of amides is 1. The van der Waals surface area contributed by atoms with E-state index in [1.165, 1.54) is 43.3 Å². The van der Waals surface area contributed by atoms with E-state index >= 15 is 0 Å². The van der Waals surface area contributed by atoms with E-state index in [1.54, 1.807) is 0 Å². The van der Waals surface area contributed by atoms with E-state index in [2.05, 4.69) is 20.3 Å². The lowest BCUT2D eigenvalue weighted by Gasteiger charge is -2.11. The highest BCUT2D eigenvalue weighted by atomic mass is 35.5. The molecule has 0 saturated heterocycles. The number of aromatic nitrogens is 3. The number of benzene rings is 2. The van der Waals surface area contributed by atoms with Crippen molar-refractivity contribution in [3.63, 3.8) is 0 Å². The first-order valence-corrected chi connectivity index (χ1v) is 9.71. The zero-order valence-corrected chi connectivity index (χ0v) is 17.5. The molecular weight excluding hydrogens is 463 g/mol. The van der Waals surface area contributed by atoms with Gasteiger partial charge in [-0.3, -0.25) is 14.9 Å². The molecule has 0 spiro atoms. The normalized spacial score (nSPS) is 11.5. The van der Waals surface area contributed by atoms with Gasteiger partial charge >= 0.3 is 6.18 Å². The maximum atomic E-state index is 12.8. The highest BCUT2D eigenvalue weighted by Crippen LogP contribution is 2.32. The lowest BCUT2D eigenvalue weighted by Crippen LogP contribution is -2.16. The number of alkyl halides is 3. The van der Waals surface area contributed by atoms with E-state index in [9.17, 15) is 28.1 Å². The van der Waals surface area contributed by atoms with Crippen LogP contribution in [0.4, 0.5) is 24.5 Å². The number of nitrogens with zero attached hydrogens (tertiary/aromatic N) is 3. The largest absolute Gasteiger partial charge is 0.433 e. The fourth-order valence-electron chi connectivity index (χ4n) is 3.18. The molecule has 168 valence electrons. The summed E-state index contributed by atoms with van der Waals surface area (Å²) in [6.45, 7) is 1.31. The third kappa shape index (κ3) is 4.48. The maximum absolute atomic E-state index is 12.8. The number of nitro benzene ring substituents is 1. The summed E-state index contributed by atoms with van der Waals surface area (Å²) in [7, 11) is 0. The Balaban J connectivity index is 1.63. The number of fused-ring (bicyclic) bond motifs is 1. The SMILES string of the molecule is Cc1nc(C(F)(F)F)ccc1C(=O)Nc1ccc(Cl)c(-c2nc3ccc([N+](=O)[O-])cc3[nH]2)c1. The Kier molecular flexibility index (Phi) is 5.50. The first kappa shape index (κ1) is 22.2. The van der Waals surface area contributed by atoms with Crippen LogP contribution >= 0.6 is 11.6 Å². The van der Waals surface area contributed by atoms with Gasteiger partial charge in [-0.15, -0.1) is 0 Å². The zero-order valence-electron chi connectivity index (χ0n) is 16.7. The summed E-state index contributed by atoms with van der Waals surface area (Å²) in [5, 5.41) is 13.9. The Morgan fingerprint density at radius 2 is 1.88 bits per heavy atom. The average Bonchev–Trinajstić information content (AvgIpc) is 3.17. The Labute approximate surface area is 188 Å². The molecule has 12 heteroatoms. The molecule has 4 rings (SSSR count). The Morgan fingerprint density at radius 3 is 2.55 bits per heavy atom. The zero-order chi connectivity index (χ0) is 23.9. The van der Waals surface area contributed by atoms with Crippen LogP contribution in [0.25, 0.3) is 22.4 Å². The van der Waals surface area contributed by atoms with Crippen molar-refractivity contribution in [1.29, 1.82) is 0 Å². The monoisotopic (exact) mass is 475 g/mol. The second-order valence-electron chi connectivity index (χ2n) is 7.02. The molecule has 2 N–H and O–H groups in total. The van der Waals surface area contributed by atoms with E-state index < -0.39 is 22.7 Å². The minimum atomic E-state index is -4.61. The van der Waals surface area contributed by atoms with Crippen LogP contribution in [0.2, 0.25) is 5.02 Å². The van der Waals surface area contributed by atoms with Crippen LogP contribution in [0.3, 0.4) is 0 Å². The number of carbonyl (C=O) groups is 1. The molecule has 4 aromatic rings. The first-order chi connectivity index (χ1) is 15.5. The fraction of sp³-hybridized carbons (Fsp3) is 0.0952. The molecule has 2 heterocycles. The van der Waals surface area contributed by atoms with Crippen LogP contribution in [-0.4, -0.2) is 25.8 Å². The topological polar surface area (TPSA) is 114 Å². The van der Waals surface area contributed by atoms with Crippen molar-refractivity contribution < 1.29 is 22.9 Å². The number of anilines is 1. The molecule has 2 aromatic heterocycles. The van der Waals surface area contributed by atoms with Crippen molar-refractivity contribution in [1.82, 2.24) is 15.0 Å². The van der Waals surface area contributed by atoms with Crippen molar-refractivity contribution in [2.75, 3.05) is 5.32 Å². The molecule has 0 fully saturated rings. The van der Waals surface area contributed by atoms with Crippen molar-refractivity contribution in [2.45, 2.75) is 13.1 Å². The highest BCUT2D eigenvalue weighted by Gasteiger charge is 2.33. The Bertz CT molecular complexity index is 1420. The van der Waals surface area contributed by atoms with Crippen LogP contribution in [0, 0.1) is 17.0 Å². The number of halogens is 4. The van der Waals surface area contributed by atoms with Gasteiger partial charge in [0.1, 0.15) is 11.5 Å². The number of nitrogens with one attached hydrogen (secondary N) is 2. The van der Waals surface area contributed by atoms with Gasteiger partial charge in [-0.25, -0.2) is 9.97 Å². The summed E-state index contributed by atoms with van der Waals surface area (Å²) in [5.74, 6) is -0.332. The van der Waals surface area contributed by atoms with E-state index in [1.807, 2.05) is 0 Å². The van der Waals surface area contributed by atoms with Crippen molar-refractivity contribution in [2.24, 2.45) is 0 Å². The summed E-state index contributed by atoms with van der Waals surface area (Å²) >= 11 is 6.28. The molecule has 8 nitrogen and oxygen atoms in total. The van der Waals surface area contributed by atoms with Crippen molar-refractivity contribution in [3.05, 3.63) is 80.6 Å². The molecule has 33 heavy (non-hydrogen) atoms. The summed E-state index contributed by atoms with van der Waals surface area (Å²) in [6, 6.07) is 10.5. The molecule has 0 unspecified atom stereocenters. The molecule has 0 aliphatic heterocycles. The maximum Gasteiger partial charge on any atom is 0.433 e. The number of imidazole rings is 1. The van der Waals surface area contributed by atoms with Gasteiger partial charge in [0.15, 0.2) is 0 Å². The predicted molar refractivity (Wildman–Crippen MR) is 115 cm³/mol. The molecule has 0 saturated carbocycles. The van der Waals surface area contributed by atoms with E-state index in [-0.39, 0.29) is 16.9 Å². The summed E-state index contributed by atoms with van der Waals surface area (Å²) < 4.78 is 38.4. The molecular formula is C21H13ClF3N5O3. The third-order valence-electron chi connectivity index (χ3n) is 4.78. The standard InChI is InChI=1S/C21H13ClF3N5O3/c1-10-13(4-7-18(26-10)21(23,24)25)20(31)27-11-2-5-15(22)14(8-11)19-28-16-6-3-12(30(32)33)9-17(16)29-19/h2-9H,1H3,(H,27,31)(H,28,29). The predicted octanol–water partition coefficient (Wildman–Crippen LogP) is 5.77. The first-order valence-electron chi connectivity index (χ1n) is 9.33. The lowest BCUT2D eigenvalue weighted by atomic mass is 10.1. The number of rotatable bonds is 4. The van der Waals surface area contributed by atoms with Gasteiger partial charge in [0.2, 0.25) is 0 Å². The van der Waals surface area contributed by atoms with Crippen LogP contribution in [0.5, 0.6) is 0 Å². The summed E-state index contributed by atoms with van der Waals surface area (Å²) in [4.78, 5) is 33.9. The molecule has 0 aliphatic carbocycles. The van der Waals surface area contributed by atoms with Crippen molar-refractivity contribution >= 4 is 39.9 Å². The van der Waals surface area contributed by atoms with Crippen LogP contribution in [-0.2, 0) is 6.18 Å². The number of hydrogen-bond donors (Lipinski definition) is 2. The average molecular weight is 476 g/mol. The summed E-state index contributed by atoms with van der Waals surface area (Å²) in [6.07, 6.45) is -4.61. The number of aromatic amines is 1. The smallest absolute Gasteiger partial charge is 0.338 e. The molecule has 1 amide bonds. The van der Waals surface area contributed by atoms with Crippen LogP contribution in [0.1, 0.15) is 21.7 Å². The number of aryl methyl sites for hydroxylation is 1. The van der Waals surface area contributed by atoms with Gasteiger partial charge in [0.25, 0.3) is 11.6 Å². The second kappa shape index (κ2) is 8.17. The number of hydrogen-bond acceptors (Lipinski definition) is 5. The van der Waals surface area contributed by atoms with E-state index in [0.717, 1.165) is 12.1 Å². The van der Waals surface area contributed by atoms with E-state index in [4.69, 9.17) is 11.6 Å². The summed E-state index contributed by atoms with van der Waals surface area (Å²) in [5.41, 5.74) is 0.344. The van der Waals surface area contributed by atoms with Gasteiger partial charge in [-0.1, -0.05) is 11.6 Å². The van der Waals surface area contributed by atoms with Gasteiger partial charge < -0.3 is 10.3 Å². The van der Waals surface area contributed by atoms with Gasteiger partial charge in [-0.05, 0) is 43.3 Å². The number of H-pyrrole nitrogens is 1. The minimum Gasteiger partial charge on any atom is -0.338 e. The van der Waals surface area contributed by atoms with Gasteiger partial charge in [0, 0.05) is 23.4 Å². The number of carbonyl (C=O) groups excluding carboxylic acids is 1. The molecule has 2 aromatic carbocycles. The number of nitro groups is 1. The second-order valence-corrected chi connectivity index (χ2v) is 7.43. The molecule has 0 radical (unpaired) electrons. The molecule has 0 atom stereocenters. The third-order valence-corrected chi connectivity index (χ3v) is 5.11. The number of non-ortho nitro benzene ring substituents is 1. The van der Waals surface area contributed by atoms with E-state index in [0.29, 0.717) is 33.1 Å². The van der Waals surface area contributed by atoms with Crippen molar-refractivity contribution in [3.8, 4) is 11.4 Å². The molecule has 0 bridgehead atoms. The molecule has 0 aliphatic rings. The minimum absolute atomic E-state index is 0.0180. The fourth-order valence-corrected chi connectivity index (χ4v) is 3.39. The Hall–Kier alpha value is -3.99. The Morgan fingerprint density at radius 1 is 1.12 bits per heavy atom. The van der Waals surface area contributed by atoms with Gasteiger partial charge in [0.05, 0.1) is 32.2 Å². The number of pyridine rings is 1. The quantitative estimate of drug-likeness (QED) is 0.287. The van der Waals surface area contributed by atoms with Crippen LogP contribution in [0.15, 0.2) is 48.5 Å². The highest BCUT2D eigenvalue weighted by molar-refractivity contribution is 6.33. The lowest BCUT2D eigenvalue weighted by molar-refractivity contribution is -0.384. The van der Waals surface area contributed by atoms with Gasteiger partial charge in [-0.2, -0.15) is 13.2 Å². The van der Waals surface area contributed by atoms with Crippen LogP contribution < -0.4 is 5.32 Å².